The summed E-state index contributed by atoms with van der Waals surface area (Å²) in [6, 6.07) is 21.5. The Morgan fingerprint density at radius 1 is 0.964 bits per heavy atom. The van der Waals surface area contributed by atoms with Crippen LogP contribution in [0.5, 0.6) is 0 Å². The van der Waals surface area contributed by atoms with Crippen molar-refractivity contribution in [1.82, 2.24) is 5.32 Å². The summed E-state index contributed by atoms with van der Waals surface area (Å²) < 4.78 is 0. The Morgan fingerprint density at radius 2 is 1.68 bits per heavy atom. The van der Waals surface area contributed by atoms with Gasteiger partial charge in [0.2, 0.25) is 5.91 Å². The van der Waals surface area contributed by atoms with Gasteiger partial charge in [0.05, 0.1) is 11.7 Å². The first kappa shape index (κ1) is 18.2. The summed E-state index contributed by atoms with van der Waals surface area (Å²) in [5.41, 5.74) is 2.57. The van der Waals surface area contributed by atoms with Gasteiger partial charge in [0.1, 0.15) is 6.54 Å². The van der Waals surface area contributed by atoms with Crippen LogP contribution in [-0.4, -0.2) is 18.4 Å². The monoisotopic (exact) mass is 372 g/mol. The molecule has 0 radical (unpaired) electrons. The molecule has 1 atom stereocenters. The van der Waals surface area contributed by atoms with Crippen LogP contribution in [0, 0.1) is 5.92 Å². The van der Waals surface area contributed by atoms with E-state index in [-0.39, 0.29) is 24.4 Å². The van der Waals surface area contributed by atoms with Gasteiger partial charge in [-0.05, 0) is 35.4 Å². The molecule has 0 bridgehead atoms. The van der Waals surface area contributed by atoms with Crippen molar-refractivity contribution in [2.45, 2.75) is 26.3 Å². The maximum atomic E-state index is 12.9. The summed E-state index contributed by atoms with van der Waals surface area (Å²) in [6.45, 7) is 4.31. The van der Waals surface area contributed by atoms with Crippen molar-refractivity contribution in [1.29, 1.82) is 0 Å². The van der Waals surface area contributed by atoms with E-state index >= 15 is 0 Å². The molecule has 2 amide bonds. The predicted octanol–water partition coefficient (Wildman–Crippen LogP) is 4.70. The highest BCUT2D eigenvalue weighted by Gasteiger charge is 2.31. The average molecular weight is 372 g/mol. The molecule has 0 fully saturated rings. The molecule has 3 aromatic rings. The standard InChI is InChI=1S/C24H24N2O2/c1-16(2)14-20(17-8-4-3-5-9-17)25-22(27)15-26-21-13-7-11-18-10-6-12-19(23(18)21)24(26)28/h3-13,16,20H,14-15H2,1-2H3,(H,25,27). The fourth-order valence-electron chi connectivity index (χ4n) is 3.95. The van der Waals surface area contributed by atoms with Crippen LogP contribution >= 0.6 is 0 Å². The van der Waals surface area contributed by atoms with E-state index < -0.39 is 0 Å². The van der Waals surface area contributed by atoms with Crippen LogP contribution in [0.4, 0.5) is 5.69 Å². The largest absolute Gasteiger partial charge is 0.348 e. The van der Waals surface area contributed by atoms with E-state index in [1.165, 1.54) is 0 Å². The second kappa shape index (κ2) is 7.47. The van der Waals surface area contributed by atoms with E-state index in [4.69, 9.17) is 0 Å². The van der Waals surface area contributed by atoms with Crippen molar-refractivity contribution in [3.63, 3.8) is 0 Å². The Bertz CT molecular complexity index is 1020. The third-order valence-electron chi connectivity index (χ3n) is 5.20. The van der Waals surface area contributed by atoms with Crippen molar-refractivity contribution in [3.05, 3.63) is 77.9 Å². The molecular weight excluding hydrogens is 348 g/mol. The molecule has 142 valence electrons. The number of carbonyl (C=O) groups excluding carboxylic acids is 2. The molecule has 0 aromatic heterocycles. The highest BCUT2D eigenvalue weighted by molar-refractivity contribution is 6.26. The molecule has 0 spiro atoms. The average Bonchev–Trinajstić information content (AvgIpc) is 2.96. The van der Waals surface area contributed by atoms with Gasteiger partial charge in [0.15, 0.2) is 0 Å². The lowest BCUT2D eigenvalue weighted by atomic mass is 9.97. The number of amides is 2. The molecule has 1 heterocycles. The Balaban J connectivity index is 1.55. The summed E-state index contributed by atoms with van der Waals surface area (Å²) in [5, 5.41) is 5.09. The lowest BCUT2D eigenvalue weighted by molar-refractivity contribution is -0.120. The summed E-state index contributed by atoms with van der Waals surface area (Å²) in [7, 11) is 0. The number of benzene rings is 3. The fourth-order valence-corrected chi connectivity index (χ4v) is 3.95. The Kier molecular flexibility index (Phi) is 4.86. The lowest BCUT2D eigenvalue weighted by Crippen LogP contribution is -2.40. The zero-order valence-electron chi connectivity index (χ0n) is 16.2. The molecular formula is C24H24N2O2. The van der Waals surface area contributed by atoms with Crippen molar-refractivity contribution in [3.8, 4) is 0 Å². The minimum absolute atomic E-state index is 0.0219. The van der Waals surface area contributed by atoms with Gasteiger partial charge in [0.25, 0.3) is 5.91 Å². The highest BCUT2D eigenvalue weighted by atomic mass is 16.2. The smallest absolute Gasteiger partial charge is 0.259 e. The van der Waals surface area contributed by atoms with E-state index in [2.05, 4.69) is 19.2 Å². The minimum Gasteiger partial charge on any atom is -0.348 e. The van der Waals surface area contributed by atoms with E-state index in [9.17, 15) is 9.59 Å². The summed E-state index contributed by atoms with van der Waals surface area (Å²) in [4.78, 5) is 27.4. The van der Waals surface area contributed by atoms with Crippen LogP contribution in [0.15, 0.2) is 66.7 Å². The third kappa shape index (κ3) is 3.38. The van der Waals surface area contributed by atoms with Gasteiger partial charge in [-0.1, -0.05) is 68.4 Å². The molecule has 1 unspecified atom stereocenters. The molecule has 3 aromatic carbocycles. The molecule has 4 nitrogen and oxygen atoms in total. The molecule has 4 rings (SSSR count). The predicted molar refractivity (Wildman–Crippen MR) is 112 cm³/mol. The number of nitrogens with zero attached hydrogens (tertiary/aromatic N) is 1. The number of hydrogen-bond donors (Lipinski definition) is 1. The van der Waals surface area contributed by atoms with E-state index in [1.807, 2.05) is 66.7 Å². The Morgan fingerprint density at radius 3 is 2.39 bits per heavy atom. The van der Waals surface area contributed by atoms with Gasteiger partial charge < -0.3 is 5.32 Å². The van der Waals surface area contributed by atoms with Gasteiger partial charge >= 0.3 is 0 Å². The zero-order valence-corrected chi connectivity index (χ0v) is 16.2. The van der Waals surface area contributed by atoms with Gasteiger partial charge in [-0.25, -0.2) is 0 Å². The van der Waals surface area contributed by atoms with Gasteiger partial charge in [-0.2, -0.15) is 0 Å². The summed E-state index contributed by atoms with van der Waals surface area (Å²) in [6.07, 6.45) is 0.847. The number of hydrogen-bond acceptors (Lipinski definition) is 2. The molecule has 1 N–H and O–H groups in total. The molecule has 0 saturated heterocycles. The van der Waals surface area contributed by atoms with Crippen molar-refractivity contribution < 1.29 is 9.59 Å². The zero-order chi connectivity index (χ0) is 19.7. The normalized spacial score (nSPS) is 14.0. The SMILES string of the molecule is CC(C)CC(NC(=O)CN1C(=O)c2cccc3cccc1c23)c1ccccc1. The topological polar surface area (TPSA) is 49.4 Å². The second-order valence-electron chi connectivity index (χ2n) is 7.73. The van der Waals surface area contributed by atoms with E-state index in [0.29, 0.717) is 11.5 Å². The molecule has 0 saturated carbocycles. The highest BCUT2D eigenvalue weighted by Crippen LogP contribution is 2.37. The lowest BCUT2D eigenvalue weighted by Gasteiger charge is -2.23. The van der Waals surface area contributed by atoms with Gasteiger partial charge in [0, 0.05) is 10.9 Å². The molecule has 1 aliphatic heterocycles. The van der Waals surface area contributed by atoms with Crippen LogP contribution in [0.3, 0.4) is 0 Å². The molecule has 4 heteroatoms. The quantitative estimate of drug-likeness (QED) is 0.682. The van der Waals surface area contributed by atoms with Crippen molar-refractivity contribution in [2.75, 3.05) is 11.4 Å². The minimum atomic E-state index is -0.146. The molecule has 28 heavy (non-hydrogen) atoms. The third-order valence-corrected chi connectivity index (χ3v) is 5.20. The van der Waals surface area contributed by atoms with E-state index in [1.54, 1.807) is 4.90 Å². The van der Waals surface area contributed by atoms with E-state index in [0.717, 1.165) is 28.4 Å². The molecule has 1 aliphatic rings. The van der Waals surface area contributed by atoms with Crippen LogP contribution in [0.2, 0.25) is 0 Å². The van der Waals surface area contributed by atoms with Crippen LogP contribution < -0.4 is 10.2 Å². The number of rotatable bonds is 6. The summed E-state index contributed by atoms with van der Waals surface area (Å²) in [5.74, 6) is 0.187. The summed E-state index contributed by atoms with van der Waals surface area (Å²) >= 11 is 0. The first-order valence-corrected chi connectivity index (χ1v) is 9.72. The molecule has 0 aliphatic carbocycles. The van der Waals surface area contributed by atoms with Crippen LogP contribution in [0.25, 0.3) is 10.8 Å². The number of carbonyl (C=O) groups is 2. The number of nitrogens with one attached hydrogen (secondary N) is 1. The first-order chi connectivity index (χ1) is 13.5. The van der Waals surface area contributed by atoms with Crippen LogP contribution in [0.1, 0.15) is 42.2 Å². The van der Waals surface area contributed by atoms with Crippen molar-refractivity contribution >= 4 is 28.3 Å². The maximum absolute atomic E-state index is 12.9. The maximum Gasteiger partial charge on any atom is 0.259 e. The van der Waals surface area contributed by atoms with Gasteiger partial charge in [-0.15, -0.1) is 0 Å². The van der Waals surface area contributed by atoms with Gasteiger partial charge in [-0.3, -0.25) is 14.5 Å². The Labute approximate surface area is 165 Å². The Hall–Kier alpha value is -3.14. The van der Waals surface area contributed by atoms with Crippen LogP contribution in [-0.2, 0) is 4.79 Å². The first-order valence-electron chi connectivity index (χ1n) is 9.72. The fraction of sp³-hybridized carbons (Fsp3) is 0.250. The van der Waals surface area contributed by atoms with Crippen molar-refractivity contribution in [2.24, 2.45) is 5.92 Å². The number of anilines is 1. The second-order valence-corrected chi connectivity index (χ2v) is 7.73.